The van der Waals surface area contributed by atoms with E-state index in [2.05, 4.69) is 85.2 Å². The third-order valence-corrected chi connectivity index (χ3v) is 17.6. The van der Waals surface area contributed by atoms with Gasteiger partial charge in [0.05, 0.1) is 35.4 Å². The molecule has 71 heavy (non-hydrogen) atoms. The van der Waals surface area contributed by atoms with Crippen LogP contribution in [-0.2, 0) is 14.0 Å². The third-order valence-electron chi connectivity index (χ3n) is 12.0. The maximum absolute atomic E-state index is 11.9. The Morgan fingerprint density at radius 3 is 1.45 bits per heavy atom. The van der Waals surface area contributed by atoms with Crippen LogP contribution in [0.4, 0.5) is 34.1 Å². The van der Waals surface area contributed by atoms with Crippen molar-refractivity contribution < 1.29 is 28.0 Å². The Morgan fingerprint density at radius 2 is 1.08 bits per heavy atom. The minimum atomic E-state index is -2.13. The molecule has 6 rings (SSSR count). The summed E-state index contributed by atoms with van der Waals surface area (Å²) in [4.78, 5) is 30.5. The van der Waals surface area contributed by atoms with Crippen molar-refractivity contribution in [2.75, 3.05) is 21.3 Å². The quantitative estimate of drug-likeness (QED) is 0.0404. The van der Waals surface area contributed by atoms with E-state index in [0.29, 0.717) is 74.2 Å². The molecule has 2 heterocycles. The maximum Gasteiger partial charge on any atom is 0.247 e. The summed E-state index contributed by atoms with van der Waals surface area (Å²) in [5.74, 6) is 1.18. The van der Waals surface area contributed by atoms with Gasteiger partial charge in [-0.05, 0) is 130 Å². The Kier molecular flexibility index (Phi) is 19.1. The fraction of sp³-hybridized carbons (Fsp3) is 0.385. The molecule has 16 nitrogen and oxygen atoms in total. The van der Waals surface area contributed by atoms with Crippen molar-refractivity contribution in [3.05, 3.63) is 129 Å². The fourth-order valence-electron chi connectivity index (χ4n) is 6.89. The van der Waals surface area contributed by atoms with Crippen molar-refractivity contribution in [3.63, 3.8) is 0 Å². The number of hydrogen-bond donors (Lipinski definition) is 5. The van der Waals surface area contributed by atoms with Crippen LogP contribution in [0.25, 0.3) is 32.6 Å². The molecule has 0 aliphatic rings. The van der Waals surface area contributed by atoms with E-state index in [1.165, 1.54) is 0 Å². The first-order valence-corrected chi connectivity index (χ1v) is 27.0. The number of carbonyl (C=O) groups is 2. The molecule has 0 saturated heterocycles. The topological polar surface area (TPSA) is 198 Å². The lowest BCUT2D eigenvalue weighted by atomic mass is 10.1. The molecule has 5 N–H and O–H groups in total. The highest BCUT2D eigenvalue weighted by Crippen LogP contribution is 2.41. The number of hydrogen-bond acceptors (Lipinski definition) is 12. The SMILES string of the molecule is [C-]#[N+]c1ccc(N[C@@H](c2nnc(-c3ccc(NC(=O)CCC)cc3)o2)[C@@H](C)O)c(C)c1Cl.[C-]#[N+]c1ccc(N[C@@H](c2nnc(-c3ccc(NC(=O)CCC)cc3)o2)[C@@H](C)O[Si](C)(C)C(C)(C)C)c(C)c1Cl. The molecule has 0 saturated carbocycles. The van der Waals surface area contributed by atoms with Crippen LogP contribution in [0.3, 0.4) is 0 Å². The van der Waals surface area contributed by atoms with E-state index < -0.39 is 26.5 Å². The number of anilines is 4. The highest BCUT2D eigenvalue weighted by molar-refractivity contribution is 6.74. The average molecular weight is 1020 g/mol. The van der Waals surface area contributed by atoms with E-state index >= 15 is 0 Å². The summed E-state index contributed by atoms with van der Waals surface area (Å²) in [6.07, 6.45) is 1.35. The summed E-state index contributed by atoms with van der Waals surface area (Å²) in [7, 11) is -2.13. The number of aromatic nitrogens is 4. The van der Waals surface area contributed by atoms with Crippen LogP contribution >= 0.6 is 23.2 Å². The highest BCUT2D eigenvalue weighted by atomic mass is 35.5. The van der Waals surface area contributed by atoms with Crippen molar-refractivity contribution in [1.82, 2.24) is 20.4 Å². The van der Waals surface area contributed by atoms with Crippen molar-refractivity contribution in [2.45, 2.75) is 130 Å². The Balaban J connectivity index is 0.000000269. The van der Waals surface area contributed by atoms with Crippen LogP contribution in [0.1, 0.15) is 109 Å². The maximum atomic E-state index is 11.9. The first-order chi connectivity index (χ1) is 33.6. The zero-order valence-electron chi connectivity index (χ0n) is 42.0. The molecular formula is C52H62Cl2N10O6Si. The van der Waals surface area contributed by atoms with Crippen LogP contribution in [0.15, 0.2) is 81.6 Å². The van der Waals surface area contributed by atoms with Crippen LogP contribution in [0.5, 0.6) is 0 Å². The second-order valence-electron chi connectivity index (χ2n) is 18.6. The lowest BCUT2D eigenvalue weighted by molar-refractivity contribution is -0.117. The highest BCUT2D eigenvalue weighted by Gasteiger charge is 2.41. The number of carbonyl (C=O) groups excluding carboxylic acids is 2. The summed E-state index contributed by atoms with van der Waals surface area (Å²) in [6.45, 7) is 36.7. The molecule has 4 aromatic carbocycles. The van der Waals surface area contributed by atoms with Crippen molar-refractivity contribution >= 4 is 77.5 Å². The normalized spacial score (nSPS) is 13.1. The number of aliphatic hydroxyl groups is 1. The molecule has 19 heteroatoms. The smallest absolute Gasteiger partial charge is 0.247 e. The Hall–Kier alpha value is -6.60. The zero-order chi connectivity index (χ0) is 52.2. The first-order valence-electron chi connectivity index (χ1n) is 23.3. The summed E-state index contributed by atoms with van der Waals surface area (Å²) in [5, 5.41) is 40.4. The number of nitrogens with zero attached hydrogens (tertiary/aromatic N) is 6. The molecule has 0 fully saturated rings. The minimum absolute atomic E-state index is 0.0105. The Bertz CT molecular complexity index is 2870. The van der Waals surface area contributed by atoms with Crippen LogP contribution in [-0.4, -0.2) is 57.8 Å². The molecule has 0 unspecified atom stereocenters. The molecule has 2 amide bonds. The van der Waals surface area contributed by atoms with E-state index in [4.69, 9.17) is 49.6 Å². The second kappa shape index (κ2) is 24.5. The van der Waals surface area contributed by atoms with Gasteiger partial charge in [-0.15, -0.1) is 20.4 Å². The third kappa shape index (κ3) is 14.3. The Morgan fingerprint density at radius 1 is 0.690 bits per heavy atom. The van der Waals surface area contributed by atoms with Gasteiger partial charge in [-0.1, -0.05) is 70.0 Å². The summed E-state index contributed by atoms with van der Waals surface area (Å²) in [5.41, 5.74) is 6.43. The number of amides is 2. The second-order valence-corrected chi connectivity index (χ2v) is 24.1. The number of benzene rings is 4. The molecule has 374 valence electrons. The van der Waals surface area contributed by atoms with Crippen molar-refractivity contribution in [1.29, 1.82) is 0 Å². The number of halogens is 2. The molecular weight excluding hydrogens is 960 g/mol. The van der Waals surface area contributed by atoms with Gasteiger partial charge in [0.15, 0.2) is 8.32 Å². The van der Waals surface area contributed by atoms with Crippen molar-refractivity contribution in [2.24, 2.45) is 0 Å². The van der Waals surface area contributed by atoms with Gasteiger partial charge in [0.25, 0.3) is 0 Å². The van der Waals surface area contributed by atoms with E-state index in [1.807, 2.05) is 58.0 Å². The van der Waals surface area contributed by atoms with Crippen LogP contribution < -0.4 is 21.3 Å². The minimum Gasteiger partial charge on any atom is -0.418 e. The molecule has 0 bridgehead atoms. The molecule has 4 atom stereocenters. The lowest BCUT2D eigenvalue weighted by Crippen LogP contribution is -2.45. The van der Waals surface area contributed by atoms with Gasteiger partial charge in [0.1, 0.15) is 12.1 Å². The summed E-state index contributed by atoms with van der Waals surface area (Å²) >= 11 is 12.7. The van der Waals surface area contributed by atoms with Crippen LogP contribution in [0.2, 0.25) is 28.2 Å². The molecule has 2 aromatic heterocycles. The van der Waals surface area contributed by atoms with Gasteiger partial charge < -0.3 is 39.6 Å². The van der Waals surface area contributed by atoms with Crippen molar-refractivity contribution in [3.8, 4) is 22.9 Å². The van der Waals surface area contributed by atoms with Gasteiger partial charge in [-0.2, -0.15) is 0 Å². The van der Waals surface area contributed by atoms with Gasteiger partial charge in [-0.3, -0.25) is 9.59 Å². The first kappa shape index (κ1) is 55.3. The van der Waals surface area contributed by atoms with E-state index in [-0.39, 0.29) is 34.7 Å². The van der Waals surface area contributed by atoms with Gasteiger partial charge >= 0.3 is 0 Å². The molecule has 6 aromatic rings. The van der Waals surface area contributed by atoms with E-state index in [0.717, 1.165) is 29.7 Å². The van der Waals surface area contributed by atoms with Gasteiger partial charge in [0, 0.05) is 46.7 Å². The largest absolute Gasteiger partial charge is 0.418 e. The van der Waals surface area contributed by atoms with Gasteiger partial charge in [-0.25, -0.2) is 9.69 Å². The molecule has 0 radical (unpaired) electrons. The van der Waals surface area contributed by atoms with E-state index in [1.54, 1.807) is 56.3 Å². The number of aliphatic hydroxyl groups excluding tert-OH is 1. The number of rotatable bonds is 18. The number of nitrogens with one attached hydrogen (secondary N) is 4. The monoisotopic (exact) mass is 1020 g/mol. The Labute approximate surface area is 427 Å². The van der Waals surface area contributed by atoms with Gasteiger partial charge in [0.2, 0.25) is 46.8 Å². The van der Waals surface area contributed by atoms with Crippen LogP contribution in [0, 0.1) is 27.0 Å². The zero-order valence-corrected chi connectivity index (χ0v) is 44.5. The standard InChI is InChI=1S/C29H38ClN5O3Si.C23H24ClN5O3/c1-10-11-24(36)32-21-14-12-20(13-15-21)27-34-35-28(37-27)26(19(3)38-39(8,9)29(4,5)6)33-22-16-17-23(31-7)25(30)18(22)2;1-5-6-19(31)26-16-9-7-15(8-10-16)22-28-29-23(32-22)21(14(3)30)27-17-11-12-18(25-4)20(24)13(17)2/h12-17,19,26,33H,10-11H2,1-6,8-9H3,(H,32,36);7-12,14,21,27,30H,5-6H2,1-3H3,(H,26,31)/t19-,26-;14-,21-/m11/s1. The summed E-state index contributed by atoms with van der Waals surface area (Å²) < 4.78 is 18.7. The molecule has 0 aliphatic heterocycles. The predicted molar refractivity (Wildman–Crippen MR) is 284 cm³/mol. The predicted octanol–water partition coefficient (Wildman–Crippen LogP) is 14.1. The summed E-state index contributed by atoms with van der Waals surface area (Å²) in [6, 6.07) is 20.1. The van der Waals surface area contributed by atoms with E-state index in [9.17, 15) is 14.7 Å². The fourth-order valence-corrected chi connectivity index (χ4v) is 8.72. The average Bonchev–Trinajstić information content (AvgIpc) is 4.02. The lowest BCUT2D eigenvalue weighted by Gasteiger charge is -2.40. The molecule has 0 aliphatic carbocycles. The molecule has 0 spiro atoms.